The molecule has 0 spiro atoms. The molecule has 2 atom stereocenters. The van der Waals surface area contributed by atoms with Gasteiger partial charge >= 0.3 is 0 Å². The largest absolute Gasteiger partial charge is 0.597 e. The summed E-state index contributed by atoms with van der Waals surface area (Å²) < 4.78 is 16.9. The van der Waals surface area contributed by atoms with Gasteiger partial charge in [-0.25, -0.2) is 4.68 Å². The van der Waals surface area contributed by atoms with Crippen LogP contribution in [0.3, 0.4) is 0 Å². The summed E-state index contributed by atoms with van der Waals surface area (Å²) in [5.74, 6) is 0.425. The molecule has 1 fully saturated rings. The van der Waals surface area contributed by atoms with Gasteiger partial charge in [0, 0.05) is 34.6 Å². The van der Waals surface area contributed by atoms with Crippen molar-refractivity contribution in [3.05, 3.63) is 59.8 Å². The molecule has 1 aromatic heterocycles. The summed E-state index contributed by atoms with van der Waals surface area (Å²) in [6, 6.07) is 17.3. The average Bonchev–Trinajstić information content (AvgIpc) is 3.13. The topological polar surface area (TPSA) is 44.1 Å². The number of fused-ring (bicyclic) bond motifs is 1. The second-order valence-corrected chi connectivity index (χ2v) is 12.9. The highest BCUT2D eigenvalue weighted by atomic mass is 32.2. The zero-order valence-corrected chi connectivity index (χ0v) is 20.5. The zero-order valence-electron chi connectivity index (χ0n) is 19.7. The zero-order chi connectivity index (χ0) is 22.4. The number of rotatable bonds is 3. The van der Waals surface area contributed by atoms with E-state index in [9.17, 15) is 4.55 Å². The van der Waals surface area contributed by atoms with Crippen LogP contribution >= 0.6 is 0 Å². The van der Waals surface area contributed by atoms with E-state index in [2.05, 4.69) is 99.1 Å². The number of para-hydroxylation sites is 1. The number of benzene rings is 2. The van der Waals surface area contributed by atoms with Crippen LogP contribution in [0, 0.1) is 0 Å². The van der Waals surface area contributed by atoms with Crippen molar-refractivity contribution in [2.24, 2.45) is 0 Å². The molecule has 2 aromatic carbocycles. The first-order chi connectivity index (χ1) is 14.6. The molecule has 2 heterocycles. The Morgan fingerprint density at radius 2 is 1.65 bits per heavy atom. The maximum atomic E-state index is 12.9. The average molecular weight is 438 g/mol. The van der Waals surface area contributed by atoms with Crippen molar-refractivity contribution in [3.63, 3.8) is 0 Å². The molecule has 0 amide bonds. The van der Waals surface area contributed by atoms with Gasteiger partial charge < -0.3 is 4.55 Å². The number of nitrogens with zero attached hydrogens (tertiary/aromatic N) is 3. The molecule has 1 aliphatic heterocycles. The molecule has 5 heteroatoms. The Bertz CT molecular complexity index is 1040. The van der Waals surface area contributed by atoms with Gasteiger partial charge in [0.1, 0.15) is 4.75 Å². The molecule has 1 saturated heterocycles. The Balaban J connectivity index is 1.61. The highest BCUT2D eigenvalue weighted by Crippen LogP contribution is 2.33. The molecule has 1 aliphatic rings. The van der Waals surface area contributed by atoms with E-state index >= 15 is 0 Å². The van der Waals surface area contributed by atoms with Gasteiger partial charge in [0.2, 0.25) is 0 Å². The van der Waals surface area contributed by atoms with E-state index in [1.807, 2.05) is 0 Å². The second kappa shape index (κ2) is 8.27. The maximum absolute atomic E-state index is 12.9. The molecule has 0 bridgehead atoms. The third kappa shape index (κ3) is 4.55. The summed E-state index contributed by atoms with van der Waals surface area (Å²) in [6.07, 6.45) is 2.24. The summed E-state index contributed by atoms with van der Waals surface area (Å²) >= 11 is -0.955. The summed E-state index contributed by atoms with van der Waals surface area (Å²) in [5, 5.41) is 6.22. The monoisotopic (exact) mass is 437 g/mol. The van der Waals surface area contributed by atoms with Crippen LogP contribution in [-0.2, 0) is 16.8 Å². The fourth-order valence-electron chi connectivity index (χ4n) is 4.46. The van der Waals surface area contributed by atoms with E-state index in [-0.39, 0.29) is 10.2 Å². The Morgan fingerprint density at radius 3 is 2.29 bits per heavy atom. The van der Waals surface area contributed by atoms with Gasteiger partial charge in [-0.2, -0.15) is 5.10 Å². The Kier molecular flexibility index (Phi) is 5.97. The molecule has 0 radical (unpaired) electrons. The van der Waals surface area contributed by atoms with Crippen LogP contribution in [0.2, 0.25) is 0 Å². The first-order valence-corrected chi connectivity index (χ1v) is 12.4. The molecule has 0 N–H and O–H groups in total. The standard InChI is InChI=1S/C26H35N3OS/c1-25(2,3)24-22-11-7-8-12-23(22)29(27-24)21-15-13-19(14-16-21)20-10-9-17-28(18-20)31(30)26(4,5)6/h7-8,11-16,20H,9-10,17-18H2,1-6H3. The van der Waals surface area contributed by atoms with Gasteiger partial charge in [0.05, 0.1) is 23.4 Å². The van der Waals surface area contributed by atoms with Crippen LogP contribution in [0.4, 0.5) is 0 Å². The minimum absolute atomic E-state index is 0.0148. The lowest BCUT2D eigenvalue weighted by Gasteiger charge is -2.37. The predicted molar refractivity (Wildman–Crippen MR) is 131 cm³/mol. The molecule has 4 nitrogen and oxygen atoms in total. The van der Waals surface area contributed by atoms with Crippen molar-refractivity contribution in [2.75, 3.05) is 13.1 Å². The predicted octanol–water partition coefficient (Wildman–Crippen LogP) is 5.96. The summed E-state index contributed by atoms with van der Waals surface area (Å²) in [5.41, 5.74) is 4.66. The van der Waals surface area contributed by atoms with Crippen LogP contribution in [0.1, 0.15) is 71.6 Å². The quantitative estimate of drug-likeness (QED) is 0.475. The molecule has 166 valence electrons. The van der Waals surface area contributed by atoms with Crippen LogP contribution in [0.5, 0.6) is 0 Å². The Labute approximate surface area is 190 Å². The number of hydrogen-bond acceptors (Lipinski definition) is 3. The minimum atomic E-state index is -0.955. The number of piperidine rings is 1. The summed E-state index contributed by atoms with van der Waals surface area (Å²) in [6.45, 7) is 14.6. The maximum Gasteiger partial charge on any atom is 0.137 e. The van der Waals surface area contributed by atoms with Gasteiger partial charge in [-0.05, 0) is 57.4 Å². The molecular weight excluding hydrogens is 402 g/mol. The molecule has 3 aromatic rings. The second-order valence-electron chi connectivity index (χ2n) is 10.7. The highest BCUT2D eigenvalue weighted by Gasteiger charge is 2.36. The minimum Gasteiger partial charge on any atom is -0.597 e. The SMILES string of the molecule is CC(C)(C)c1nn(-c2ccc(C3CCCN([S+]([O-])C(C)(C)C)C3)cc2)c2ccccc12. The van der Waals surface area contributed by atoms with E-state index in [0.717, 1.165) is 42.8 Å². The van der Waals surface area contributed by atoms with Gasteiger partial charge in [-0.3, -0.25) is 0 Å². The van der Waals surface area contributed by atoms with Crippen molar-refractivity contribution in [3.8, 4) is 5.69 Å². The first kappa shape index (κ1) is 22.4. The molecule has 4 rings (SSSR count). The summed E-state index contributed by atoms with van der Waals surface area (Å²) in [4.78, 5) is 0. The van der Waals surface area contributed by atoms with Crippen molar-refractivity contribution in [2.45, 2.75) is 70.5 Å². The van der Waals surface area contributed by atoms with E-state index in [0.29, 0.717) is 5.92 Å². The normalized spacial score (nSPS) is 19.6. The van der Waals surface area contributed by atoms with Crippen LogP contribution in [-0.4, -0.2) is 36.5 Å². The van der Waals surface area contributed by atoms with Crippen molar-refractivity contribution >= 4 is 22.3 Å². The molecule has 0 saturated carbocycles. The van der Waals surface area contributed by atoms with Gasteiger partial charge in [0.15, 0.2) is 0 Å². The number of hydrogen-bond donors (Lipinski definition) is 0. The number of aromatic nitrogens is 2. The van der Waals surface area contributed by atoms with E-state index in [1.54, 1.807) is 0 Å². The third-order valence-corrected chi connectivity index (χ3v) is 7.90. The molecule has 2 unspecified atom stereocenters. The first-order valence-electron chi connectivity index (χ1n) is 11.3. The molecular formula is C26H35N3OS. The Morgan fingerprint density at radius 1 is 0.968 bits per heavy atom. The lowest BCUT2D eigenvalue weighted by atomic mass is 9.90. The van der Waals surface area contributed by atoms with Gasteiger partial charge in [0.25, 0.3) is 0 Å². The van der Waals surface area contributed by atoms with Crippen molar-refractivity contribution in [1.82, 2.24) is 14.1 Å². The molecule has 0 aliphatic carbocycles. The lowest BCUT2D eigenvalue weighted by Crippen LogP contribution is -2.47. The van der Waals surface area contributed by atoms with Crippen molar-refractivity contribution < 1.29 is 4.55 Å². The van der Waals surface area contributed by atoms with Crippen LogP contribution in [0.15, 0.2) is 48.5 Å². The Hall–Kier alpha value is -1.82. The fourth-order valence-corrected chi connectivity index (χ4v) is 5.84. The highest BCUT2D eigenvalue weighted by molar-refractivity contribution is 7.90. The third-order valence-electron chi connectivity index (χ3n) is 6.05. The smallest absolute Gasteiger partial charge is 0.137 e. The molecule has 31 heavy (non-hydrogen) atoms. The van der Waals surface area contributed by atoms with Crippen molar-refractivity contribution in [1.29, 1.82) is 0 Å². The van der Waals surface area contributed by atoms with Gasteiger partial charge in [-0.15, -0.1) is 4.31 Å². The van der Waals surface area contributed by atoms with Gasteiger partial charge in [-0.1, -0.05) is 51.1 Å². The van der Waals surface area contributed by atoms with Crippen LogP contribution < -0.4 is 0 Å². The van der Waals surface area contributed by atoms with Crippen LogP contribution in [0.25, 0.3) is 16.6 Å². The summed E-state index contributed by atoms with van der Waals surface area (Å²) in [7, 11) is 0. The van der Waals surface area contributed by atoms with E-state index in [1.165, 1.54) is 10.9 Å². The fraction of sp³-hybridized carbons (Fsp3) is 0.500. The van der Waals surface area contributed by atoms with E-state index in [4.69, 9.17) is 5.10 Å². The lowest BCUT2D eigenvalue weighted by molar-refractivity contribution is 0.308. The van der Waals surface area contributed by atoms with E-state index < -0.39 is 11.4 Å².